The fourth-order valence-electron chi connectivity index (χ4n) is 1.66. The standard InChI is InChI=1S/C14H14O.C2H6/c1-11-8-13(10-14(9-11)15-2)12-6-4-3-5-7-12;1-2/h3-10H,1-2H3;1-2H3. The van der Waals surface area contributed by atoms with Crippen molar-refractivity contribution in [2.45, 2.75) is 20.8 Å². The van der Waals surface area contributed by atoms with E-state index in [0.29, 0.717) is 0 Å². The van der Waals surface area contributed by atoms with Crippen molar-refractivity contribution in [2.75, 3.05) is 7.11 Å². The lowest BCUT2D eigenvalue weighted by atomic mass is 10.0. The lowest BCUT2D eigenvalue weighted by Gasteiger charge is -2.06. The first-order valence-corrected chi connectivity index (χ1v) is 6.01. The summed E-state index contributed by atoms with van der Waals surface area (Å²) in [7, 11) is 1.70. The molecule has 17 heavy (non-hydrogen) atoms. The van der Waals surface area contributed by atoms with Crippen LogP contribution in [0.25, 0.3) is 11.1 Å². The second-order valence-corrected chi connectivity index (χ2v) is 3.60. The molecule has 90 valence electrons. The van der Waals surface area contributed by atoms with Crippen LogP contribution in [0.15, 0.2) is 48.5 Å². The molecule has 1 heteroatoms. The van der Waals surface area contributed by atoms with E-state index in [2.05, 4.69) is 31.2 Å². The Morgan fingerprint density at radius 3 is 2.06 bits per heavy atom. The Hall–Kier alpha value is -1.76. The molecule has 0 aliphatic rings. The number of hydrogen-bond acceptors (Lipinski definition) is 1. The third-order valence-electron chi connectivity index (χ3n) is 2.39. The van der Waals surface area contributed by atoms with Crippen molar-refractivity contribution in [1.29, 1.82) is 0 Å². The molecule has 0 saturated carbocycles. The van der Waals surface area contributed by atoms with Crippen molar-refractivity contribution in [2.24, 2.45) is 0 Å². The van der Waals surface area contributed by atoms with E-state index in [4.69, 9.17) is 4.74 Å². The summed E-state index contributed by atoms with van der Waals surface area (Å²) >= 11 is 0. The van der Waals surface area contributed by atoms with Gasteiger partial charge in [-0.3, -0.25) is 0 Å². The van der Waals surface area contributed by atoms with E-state index in [1.54, 1.807) is 7.11 Å². The predicted molar refractivity (Wildman–Crippen MR) is 74.5 cm³/mol. The summed E-state index contributed by atoms with van der Waals surface area (Å²) in [5.74, 6) is 0.911. The van der Waals surface area contributed by atoms with E-state index in [0.717, 1.165) is 5.75 Å². The van der Waals surface area contributed by atoms with Gasteiger partial charge in [-0.05, 0) is 35.7 Å². The number of benzene rings is 2. The highest BCUT2D eigenvalue weighted by atomic mass is 16.5. The lowest BCUT2D eigenvalue weighted by molar-refractivity contribution is 0.414. The third-order valence-corrected chi connectivity index (χ3v) is 2.39. The van der Waals surface area contributed by atoms with Crippen molar-refractivity contribution >= 4 is 0 Å². The molecule has 0 fully saturated rings. The van der Waals surface area contributed by atoms with Gasteiger partial charge in [-0.2, -0.15) is 0 Å². The molecule has 0 atom stereocenters. The van der Waals surface area contributed by atoms with E-state index in [1.807, 2.05) is 38.1 Å². The number of aryl methyl sites for hydroxylation is 1. The summed E-state index contributed by atoms with van der Waals surface area (Å²) in [4.78, 5) is 0. The summed E-state index contributed by atoms with van der Waals surface area (Å²) in [5, 5.41) is 0. The van der Waals surface area contributed by atoms with E-state index >= 15 is 0 Å². The fourth-order valence-corrected chi connectivity index (χ4v) is 1.66. The molecule has 2 aromatic rings. The first-order chi connectivity index (χ1) is 8.29. The lowest BCUT2D eigenvalue weighted by Crippen LogP contribution is -1.86. The van der Waals surface area contributed by atoms with Gasteiger partial charge < -0.3 is 4.74 Å². The number of rotatable bonds is 2. The van der Waals surface area contributed by atoms with E-state index in [-0.39, 0.29) is 0 Å². The number of ether oxygens (including phenoxy) is 1. The van der Waals surface area contributed by atoms with Gasteiger partial charge in [0.25, 0.3) is 0 Å². The maximum Gasteiger partial charge on any atom is 0.119 e. The molecule has 0 radical (unpaired) electrons. The molecule has 0 bridgehead atoms. The SMILES string of the molecule is CC.COc1cc(C)cc(-c2ccccc2)c1. The highest BCUT2D eigenvalue weighted by Crippen LogP contribution is 2.25. The fraction of sp³-hybridized carbons (Fsp3) is 0.250. The third kappa shape index (κ3) is 3.63. The summed E-state index contributed by atoms with van der Waals surface area (Å²) < 4.78 is 5.26. The quantitative estimate of drug-likeness (QED) is 0.724. The van der Waals surface area contributed by atoms with Gasteiger partial charge in [-0.25, -0.2) is 0 Å². The number of methoxy groups -OCH3 is 1. The molecule has 0 saturated heterocycles. The van der Waals surface area contributed by atoms with Gasteiger partial charge >= 0.3 is 0 Å². The van der Waals surface area contributed by atoms with Crippen LogP contribution in [0.5, 0.6) is 5.75 Å². The average molecular weight is 228 g/mol. The topological polar surface area (TPSA) is 9.23 Å². The second-order valence-electron chi connectivity index (χ2n) is 3.60. The van der Waals surface area contributed by atoms with Gasteiger partial charge in [0.05, 0.1) is 7.11 Å². The highest BCUT2D eigenvalue weighted by molar-refractivity contribution is 5.65. The van der Waals surface area contributed by atoms with Crippen LogP contribution in [-0.4, -0.2) is 7.11 Å². The Kier molecular flexibility index (Phi) is 5.28. The zero-order valence-corrected chi connectivity index (χ0v) is 11.0. The Balaban J connectivity index is 0.000000686. The van der Waals surface area contributed by atoms with Crippen molar-refractivity contribution in [1.82, 2.24) is 0 Å². The van der Waals surface area contributed by atoms with Gasteiger partial charge in [-0.1, -0.05) is 50.2 Å². The molecular formula is C16H20O. The molecule has 0 N–H and O–H groups in total. The van der Waals surface area contributed by atoms with Crippen LogP contribution in [0, 0.1) is 6.92 Å². The van der Waals surface area contributed by atoms with Gasteiger partial charge in [0.2, 0.25) is 0 Å². The van der Waals surface area contributed by atoms with Gasteiger partial charge in [0, 0.05) is 0 Å². The first kappa shape index (κ1) is 13.3. The minimum atomic E-state index is 0.911. The van der Waals surface area contributed by atoms with Crippen LogP contribution in [0.2, 0.25) is 0 Å². The minimum absolute atomic E-state index is 0.911. The Bertz CT molecular complexity index is 446. The monoisotopic (exact) mass is 228 g/mol. The van der Waals surface area contributed by atoms with Crippen LogP contribution in [0.4, 0.5) is 0 Å². The summed E-state index contributed by atoms with van der Waals surface area (Å²) in [6, 6.07) is 16.6. The van der Waals surface area contributed by atoms with E-state index < -0.39 is 0 Å². The van der Waals surface area contributed by atoms with Crippen LogP contribution < -0.4 is 4.74 Å². The summed E-state index contributed by atoms with van der Waals surface area (Å²) in [5.41, 5.74) is 3.64. The Morgan fingerprint density at radius 1 is 0.824 bits per heavy atom. The maximum absolute atomic E-state index is 5.26. The van der Waals surface area contributed by atoms with Crippen LogP contribution in [-0.2, 0) is 0 Å². The van der Waals surface area contributed by atoms with Crippen molar-refractivity contribution in [3.05, 3.63) is 54.1 Å². The Labute approximate surface area is 104 Å². The maximum atomic E-state index is 5.26. The van der Waals surface area contributed by atoms with Gasteiger partial charge in [0.15, 0.2) is 0 Å². The number of hydrogen-bond donors (Lipinski definition) is 0. The molecular weight excluding hydrogens is 208 g/mol. The average Bonchev–Trinajstić information content (AvgIpc) is 2.41. The summed E-state index contributed by atoms with van der Waals surface area (Å²) in [6.07, 6.45) is 0. The van der Waals surface area contributed by atoms with Gasteiger partial charge in [0.1, 0.15) is 5.75 Å². The molecule has 2 aromatic carbocycles. The first-order valence-electron chi connectivity index (χ1n) is 6.01. The Morgan fingerprint density at radius 2 is 1.47 bits per heavy atom. The largest absolute Gasteiger partial charge is 0.497 e. The summed E-state index contributed by atoms with van der Waals surface area (Å²) in [6.45, 7) is 6.08. The predicted octanol–water partition coefficient (Wildman–Crippen LogP) is 4.70. The van der Waals surface area contributed by atoms with Crippen LogP contribution in [0.1, 0.15) is 19.4 Å². The molecule has 0 unspecified atom stereocenters. The smallest absolute Gasteiger partial charge is 0.119 e. The van der Waals surface area contributed by atoms with Crippen LogP contribution in [0.3, 0.4) is 0 Å². The molecule has 0 spiro atoms. The molecule has 2 rings (SSSR count). The molecule has 0 aliphatic carbocycles. The second kappa shape index (κ2) is 6.74. The van der Waals surface area contributed by atoms with E-state index in [9.17, 15) is 0 Å². The highest BCUT2D eigenvalue weighted by Gasteiger charge is 2.00. The zero-order chi connectivity index (χ0) is 12.7. The normalized spacial score (nSPS) is 9.18. The molecule has 0 heterocycles. The molecule has 0 amide bonds. The van der Waals surface area contributed by atoms with Crippen molar-refractivity contribution in [3.8, 4) is 16.9 Å². The van der Waals surface area contributed by atoms with Gasteiger partial charge in [-0.15, -0.1) is 0 Å². The van der Waals surface area contributed by atoms with E-state index in [1.165, 1.54) is 16.7 Å². The molecule has 1 nitrogen and oxygen atoms in total. The minimum Gasteiger partial charge on any atom is -0.497 e. The van der Waals surface area contributed by atoms with Crippen molar-refractivity contribution < 1.29 is 4.74 Å². The van der Waals surface area contributed by atoms with Crippen molar-refractivity contribution in [3.63, 3.8) is 0 Å². The van der Waals surface area contributed by atoms with Crippen LogP contribution >= 0.6 is 0 Å². The zero-order valence-electron chi connectivity index (χ0n) is 11.0. The molecule has 0 aromatic heterocycles. The molecule has 0 aliphatic heterocycles.